The number of rotatable bonds is 7. The zero-order chi connectivity index (χ0) is 19.9. The number of methoxy groups -OCH3 is 1. The van der Waals surface area contributed by atoms with Gasteiger partial charge in [-0.05, 0) is 23.8 Å². The Labute approximate surface area is 179 Å². The van der Waals surface area contributed by atoms with E-state index in [1.807, 2.05) is 53.7 Å². The molecule has 2 aromatic carbocycles. The summed E-state index contributed by atoms with van der Waals surface area (Å²) in [7, 11) is 1.73. The molecule has 1 aromatic heterocycles. The molecule has 0 bridgehead atoms. The van der Waals surface area contributed by atoms with Crippen LogP contribution in [-0.4, -0.2) is 47.8 Å². The first-order valence-corrected chi connectivity index (χ1v) is 11.6. The van der Waals surface area contributed by atoms with E-state index >= 15 is 0 Å². The van der Waals surface area contributed by atoms with E-state index in [0.29, 0.717) is 0 Å². The molecule has 1 aliphatic heterocycles. The molecule has 0 unspecified atom stereocenters. The summed E-state index contributed by atoms with van der Waals surface area (Å²) in [4.78, 5) is 7.08. The molecule has 150 valence electrons. The largest absolute Gasteiger partial charge is 0.496 e. The molecule has 2 heterocycles. The van der Waals surface area contributed by atoms with Crippen molar-refractivity contribution in [3.05, 3.63) is 65.0 Å². The first kappa shape index (κ1) is 19.9. The molecular weight excluding hydrogens is 400 g/mol. The van der Waals surface area contributed by atoms with Gasteiger partial charge < -0.3 is 4.74 Å². The molecule has 4 rings (SSSR count). The van der Waals surface area contributed by atoms with Crippen LogP contribution in [0, 0.1) is 0 Å². The zero-order valence-electron chi connectivity index (χ0n) is 16.4. The lowest BCUT2D eigenvalue weighted by Gasteiger charge is -2.26. The van der Waals surface area contributed by atoms with Crippen LogP contribution < -0.4 is 10.2 Å². The van der Waals surface area contributed by atoms with Crippen molar-refractivity contribution in [1.82, 2.24) is 9.88 Å². The zero-order valence-corrected chi connectivity index (χ0v) is 18.0. The summed E-state index contributed by atoms with van der Waals surface area (Å²) in [6.07, 6.45) is 1.83. The van der Waals surface area contributed by atoms with E-state index in [9.17, 15) is 0 Å². The second-order valence-electron chi connectivity index (χ2n) is 6.73. The van der Waals surface area contributed by atoms with Crippen molar-refractivity contribution in [2.75, 3.05) is 37.1 Å². The predicted octanol–water partition coefficient (Wildman–Crippen LogP) is 4.81. The predicted molar refractivity (Wildman–Crippen MR) is 124 cm³/mol. The number of aromatic nitrogens is 1. The first-order valence-electron chi connectivity index (χ1n) is 9.59. The minimum absolute atomic E-state index is 0.777. The summed E-state index contributed by atoms with van der Waals surface area (Å²) in [6, 6.07) is 16.4. The fourth-order valence-electron chi connectivity index (χ4n) is 3.23. The van der Waals surface area contributed by atoms with Gasteiger partial charge in [0, 0.05) is 47.6 Å². The van der Waals surface area contributed by atoms with Gasteiger partial charge in [0.2, 0.25) is 5.13 Å². The monoisotopic (exact) mass is 424 g/mol. The highest BCUT2D eigenvalue weighted by Gasteiger charge is 2.13. The van der Waals surface area contributed by atoms with Crippen LogP contribution in [0.4, 0.5) is 5.13 Å². The third-order valence-corrected chi connectivity index (χ3v) is 6.44. The lowest BCUT2D eigenvalue weighted by Crippen LogP contribution is -2.32. The minimum Gasteiger partial charge on any atom is -0.496 e. The van der Waals surface area contributed by atoms with E-state index in [-0.39, 0.29) is 0 Å². The molecule has 5 nitrogen and oxygen atoms in total. The van der Waals surface area contributed by atoms with Crippen LogP contribution in [-0.2, 0) is 6.54 Å². The lowest BCUT2D eigenvalue weighted by molar-refractivity contribution is 0.288. The van der Waals surface area contributed by atoms with Gasteiger partial charge in [-0.2, -0.15) is 16.9 Å². The molecule has 0 spiro atoms. The maximum atomic E-state index is 5.56. The van der Waals surface area contributed by atoms with Crippen LogP contribution in [0.5, 0.6) is 5.75 Å². The second-order valence-corrected chi connectivity index (χ2v) is 8.82. The lowest BCUT2D eigenvalue weighted by atomic mass is 10.1. The Kier molecular flexibility index (Phi) is 6.82. The highest BCUT2D eigenvalue weighted by atomic mass is 32.2. The van der Waals surface area contributed by atoms with E-state index < -0.39 is 0 Å². The fourth-order valence-corrected chi connectivity index (χ4v) is 4.88. The molecule has 0 atom stereocenters. The molecule has 7 heteroatoms. The Morgan fingerprint density at radius 2 is 2.00 bits per heavy atom. The quantitative estimate of drug-likeness (QED) is 0.436. The summed E-state index contributed by atoms with van der Waals surface area (Å²) < 4.78 is 5.56. The van der Waals surface area contributed by atoms with Gasteiger partial charge in [0.1, 0.15) is 5.75 Å². The van der Waals surface area contributed by atoms with Gasteiger partial charge in [0.05, 0.1) is 19.0 Å². The number of hydrogen-bond donors (Lipinski definition) is 1. The smallest absolute Gasteiger partial charge is 0.203 e. The number of nitrogens with zero attached hydrogens (tertiary/aromatic N) is 3. The number of anilines is 1. The van der Waals surface area contributed by atoms with Crippen molar-refractivity contribution in [1.29, 1.82) is 0 Å². The van der Waals surface area contributed by atoms with Crippen molar-refractivity contribution in [2.24, 2.45) is 5.10 Å². The molecule has 0 saturated carbocycles. The number of ether oxygens (including phenoxy) is 1. The normalized spacial score (nSPS) is 14.9. The van der Waals surface area contributed by atoms with Crippen LogP contribution >= 0.6 is 23.1 Å². The maximum absolute atomic E-state index is 5.56. The Morgan fingerprint density at radius 1 is 1.17 bits per heavy atom. The fraction of sp³-hybridized carbons (Fsp3) is 0.273. The number of hydrogen-bond acceptors (Lipinski definition) is 7. The van der Waals surface area contributed by atoms with Crippen LogP contribution in [0.1, 0.15) is 11.1 Å². The van der Waals surface area contributed by atoms with Crippen molar-refractivity contribution < 1.29 is 4.74 Å². The van der Waals surface area contributed by atoms with Crippen molar-refractivity contribution >= 4 is 34.4 Å². The van der Waals surface area contributed by atoms with Gasteiger partial charge in [-0.3, -0.25) is 10.3 Å². The molecule has 0 aliphatic carbocycles. The average molecular weight is 425 g/mol. The molecule has 0 radical (unpaired) electrons. The van der Waals surface area contributed by atoms with Crippen LogP contribution in [0.15, 0.2) is 59.0 Å². The molecule has 1 saturated heterocycles. The molecule has 1 N–H and O–H groups in total. The molecule has 3 aromatic rings. The highest BCUT2D eigenvalue weighted by Crippen LogP contribution is 2.25. The summed E-state index contributed by atoms with van der Waals surface area (Å²) in [6.45, 7) is 3.16. The van der Waals surface area contributed by atoms with Gasteiger partial charge in [-0.15, -0.1) is 11.3 Å². The van der Waals surface area contributed by atoms with E-state index in [1.165, 1.54) is 17.1 Å². The average Bonchev–Trinajstić information content (AvgIpc) is 3.24. The Morgan fingerprint density at radius 3 is 2.79 bits per heavy atom. The highest BCUT2D eigenvalue weighted by molar-refractivity contribution is 7.99. The Balaban J connectivity index is 1.41. The Bertz CT molecular complexity index is 952. The Hall–Kier alpha value is -2.35. The van der Waals surface area contributed by atoms with Crippen LogP contribution in [0.25, 0.3) is 11.3 Å². The summed E-state index contributed by atoms with van der Waals surface area (Å²) in [5.74, 6) is 3.33. The molecule has 0 amide bonds. The number of thiazole rings is 1. The van der Waals surface area contributed by atoms with E-state index in [1.54, 1.807) is 18.4 Å². The van der Waals surface area contributed by atoms with E-state index in [4.69, 9.17) is 4.74 Å². The first-order chi connectivity index (χ1) is 14.3. The third-order valence-electron chi connectivity index (χ3n) is 4.75. The number of benzene rings is 2. The molecular formula is C22H24N4OS2. The van der Waals surface area contributed by atoms with E-state index in [2.05, 4.69) is 38.6 Å². The standard InChI is InChI=1S/C22H24N4OS2/c1-27-21-8-7-17(13-19(21)15-26-9-11-28-12-10-26)14-23-25-22-24-20(16-29-22)18-5-3-2-4-6-18/h2-8,13-14,16H,9-12,15H2,1H3,(H,24,25). The number of thioether (sulfide) groups is 1. The van der Waals surface area contributed by atoms with Crippen LogP contribution in [0.3, 0.4) is 0 Å². The van der Waals surface area contributed by atoms with Gasteiger partial charge in [0.15, 0.2) is 0 Å². The summed E-state index contributed by atoms with van der Waals surface area (Å²) >= 11 is 3.57. The minimum atomic E-state index is 0.777. The van der Waals surface area contributed by atoms with Gasteiger partial charge in [-0.25, -0.2) is 4.98 Å². The SMILES string of the molecule is COc1ccc(C=NNc2nc(-c3ccccc3)cs2)cc1CN1CCSCC1. The number of nitrogens with one attached hydrogen (secondary N) is 1. The number of hydrazone groups is 1. The summed E-state index contributed by atoms with van der Waals surface area (Å²) in [5, 5.41) is 7.19. The van der Waals surface area contributed by atoms with E-state index in [0.717, 1.165) is 47.3 Å². The van der Waals surface area contributed by atoms with Crippen LogP contribution in [0.2, 0.25) is 0 Å². The summed E-state index contributed by atoms with van der Waals surface area (Å²) in [5.41, 5.74) is 7.35. The van der Waals surface area contributed by atoms with Crippen molar-refractivity contribution in [3.8, 4) is 17.0 Å². The second kappa shape index (κ2) is 9.91. The van der Waals surface area contributed by atoms with Gasteiger partial charge in [0.25, 0.3) is 0 Å². The van der Waals surface area contributed by atoms with Gasteiger partial charge >= 0.3 is 0 Å². The molecule has 1 fully saturated rings. The van der Waals surface area contributed by atoms with Crippen molar-refractivity contribution in [3.63, 3.8) is 0 Å². The third kappa shape index (κ3) is 5.38. The van der Waals surface area contributed by atoms with Gasteiger partial charge in [-0.1, -0.05) is 30.3 Å². The maximum Gasteiger partial charge on any atom is 0.203 e. The molecule has 1 aliphatic rings. The topological polar surface area (TPSA) is 49.8 Å². The van der Waals surface area contributed by atoms with Crippen molar-refractivity contribution in [2.45, 2.75) is 6.54 Å². The molecule has 29 heavy (non-hydrogen) atoms.